The predicted molar refractivity (Wildman–Crippen MR) is 86.4 cm³/mol. The zero-order valence-electron chi connectivity index (χ0n) is 12.7. The first-order valence-electron chi connectivity index (χ1n) is 7.65. The van der Waals surface area contributed by atoms with Gasteiger partial charge in [0.25, 0.3) is 6.01 Å². The molecular weight excluding hydrogens is 302 g/mol. The summed E-state index contributed by atoms with van der Waals surface area (Å²) in [6.45, 7) is 3.85. The molecule has 0 radical (unpaired) electrons. The second-order valence-corrected chi connectivity index (χ2v) is 7.74. The number of rotatable bonds is 5. The summed E-state index contributed by atoms with van der Waals surface area (Å²) < 4.78 is 31.4. The first-order valence-corrected chi connectivity index (χ1v) is 9.30. The Morgan fingerprint density at radius 3 is 2.73 bits per heavy atom. The molecule has 0 atom stereocenters. The van der Waals surface area contributed by atoms with Crippen LogP contribution in [0.5, 0.6) is 0 Å². The van der Waals surface area contributed by atoms with Crippen molar-refractivity contribution in [2.75, 3.05) is 30.3 Å². The number of anilines is 1. The van der Waals surface area contributed by atoms with Gasteiger partial charge < -0.3 is 9.32 Å². The van der Waals surface area contributed by atoms with Crippen molar-refractivity contribution in [2.45, 2.75) is 19.8 Å². The van der Waals surface area contributed by atoms with E-state index in [9.17, 15) is 8.42 Å². The van der Waals surface area contributed by atoms with Crippen LogP contribution in [0.4, 0.5) is 6.01 Å². The summed E-state index contributed by atoms with van der Waals surface area (Å²) in [5.74, 6) is 0.510. The lowest BCUT2D eigenvalue weighted by Crippen LogP contribution is -2.39. The van der Waals surface area contributed by atoms with Crippen molar-refractivity contribution in [3.63, 3.8) is 0 Å². The van der Waals surface area contributed by atoms with Gasteiger partial charge in [0, 0.05) is 19.6 Å². The molecule has 2 heterocycles. The van der Waals surface area contributed by atoms with Gasteiger partial charge in [-0.2, -0.15) is 4.98 Å². The largest absolute Gasteiger partial charge is 0.423 e. The predicted octanol–water partition coefficient (Wildman–Crippen LogP) is 1.98. The van der Waals surface area contributed by atoms with Gasteiger partial charge in [0.05, 0.1) is 5.75 Å². The van der Waals surface area contributed by atoms with E-state index in [2.05, 4.69) is 14.6 Å². The Morgan fingerprint density at radius 1 is 1.32 bits per heavy atom. The van der Waals surface area contributed by atoms with Crippen molar-refractivity contribution in [1.29, 1.82) is 0 Å². The second kappa shape index (κ2) is 6.26. The number of oxazole rings is 1. The fourth-order valence-electron chi connectivity index (χ4n) is 2.67. The molecule has 1 fully saturated rings. The van der Waals surface area contributed by atoms with E-state index in [0.717, 1.165) is 37.0 Å². The van der Waals surface area contributed by atoms with Gasteiger partial charge in [0.1, 0.15) is 5.52 Å². The first-order chi connectivity index (χ1) is 10.6. The molecule has 0 amide bonds. The van der Waals surface area contributed by atoms with Crippen LogP contribution in [0.3, 0.4) is 0 Å². The third-order valence-electron chi connectivity index (χ3n) is 4.14. The number of aromatic nitrogens is 1. The van der Waals surface area contributed by atoms with Crippen LogP contribution in [-0.4, -0.2) is 38.8 Å². The van der Waals surface area contributed by atoms with Crippen LogP contribution in [0.1, 0.15) is 19.8 Å². The topological polar surface area (TPSA) is 75.4 Å². The second-order valence-electron chi connectivity index (χ2n) is 5.65. The number of hydrogen-bond donors (Lipinski definition) is 1. The number of nitrogens with one attached hydrogen (secondary N) is 1. The minimum absolute atomic E-state index is 0.134. The Kier molecular flexibility index (Phi) is 4.35. The number of benzene rings is 1. The molecule has 1 aromatic carbocycles. The van der Waals surface area contributed by atoms with E-state index in [4.69, 9.17) is 4.42 Å². The quantitative estimate of drug-likeness (QED) is 0.910. The van der Waals surface area contributed by atoms with E-state index in [1.807, 2.05) is 24.3 Å². The van der Waals surface area contributed by atoms with Crippen LogP contribution in [0.25, 0.3) is 11.1 Å². The van der Waals surface area contributed by atoms with Gasteiger partial charge in [-0.1, -0.05) is 12.1 Å². The van der Waals surface area contributed by atoms with E-state index in [-0.39, 0.29) is 5.75 Å². The molecule has 1 saturated heterocycles. The molecule has 6 nitrogen and oxygen atoms in total. The minimum Gasteiger partial charge on any atom is -0.423 e. The molecule has 120 valence electrons. The number of para-hydroxylation sites is 2. The van der Waals surface area contributed by atoms with Gasteiger partial charge >= 0.3 is 0 Å². The SMILES string of the molecule is CCS(=O)(=O)NCC1CCN(c2nc3ccccc3o2)CC1. The molecule has 1 aliphatic rings. The van der Waals surface area contributed by atoms with E-state index in [0.29, 0.717) is 18.5 Å². The third kappa shape index (κ3) is 3.41. The zero-order valence-corrected chi connectivity index (χ0v) is 13.5. The smallest absolute Gasteiger partial charge is 0.298 e. The summed E-state index contributed by atoms with van der Waals surface area (Å²) in [5, 5.41) is 0. The van der Waals surface area contributed by atoms with Gasteiger partial charge in [-0.05, 0) is 37.8 Å². The molecule has 0 bridgehead atoms. The Labute approximate surface area is 130 Å². The number of hydrogen-bond acceptors (Lipinski definition) is 5. The summed E-state index contributed by atoms with van der Waals surface area (Å²) in [7, 11) is -3.10. The lowest BCUT2D eigenvalue weighted by molar-refractivity contribution is 0.387. The lowest BCUT2D eigenvalue weighted by Gasteiger charge is -2.30. The summed E-state index contributed by atoms with van der Waals surface area (Å²) in [6.07, 6.45) is 1.87. The average Bonchev–Trinajstić information content (AvgIpc) is 2.97. The molecule has 3 rings (SSSR count). The van der Waals surface area contributed by atoms with E-state index < -0.39 is 10.0 Å². The molecule has 1 N–H and O–H groups in total. The van der Waals surface area contributed by atoms with E-state index in [1.165, 1.54) is 0 Å². The highest BCUT2D eigenvalue weighted by Gasteiger charge is 2.23. The van der Waals surface area contributed by atoms with Crippen LogP contribution in [0, 0.1) is 5.92 Å². The fraction of sp³-hybridized carbons (Fsp3) is 0.533. The van der Waals surface area contributed by atoms with Crippen molar-refractivity contribution >= 4 is 27.1 Å². The first kappa shape index (κ1) is 15.3. The summed E-state index contributed by atoms with van der Waals surface area (Å²) >= 11 is 0. The molecular formula is C15H21N3O3S. The number of nitrogens with zero attached hydrogens (tertiary/aromatic N) is 2. The highest BCUT2D eigenvalue weighted by Crippen LogP contribution is 2.26. The third-order valence-corrected chi connectivity index (χ3v) is 5.51. The lowest BCUT2D eigenvalue weighted by atomic mass is 9.97. The highest BCUT2D eigenvalue weighted by molar-refractivity contribution is 7.89. The van der Waals surface area contributed by atoms with Crippen LogP contribution in [0.15, 0.2) is 28.7 Å². The van der Waals surface area contributed by atoms with E-state index >= 15 is 0 Å². The van der Waals surface area contributed by atoms with Crippen molar-refractivity contribution in [3.8, 4) is 0 Å². The maximum Gasteiger partial charge on any atom is 0.298 e. The van der Waals surface area contributed by atoms with Crippen LogP contribution in [0.2, 0.25) is 0 Å². The normalized spacial score (nSPS) is 17.2. The standard InChI is InChI=1S/C15H21N3O3S/c1-2-22(19,20)16-11-12-7-9-18(10-8-12)15-17-13-5-3-4-6-14(13)21-15/h3-6,12,16H,2,7-11H2,1H3. The van der Waals surface area contributed by atoms with Crippen LogP contribution in [-0.2, 0) is 10.0 Å². The van der Waals surface area contributed by atoms with Crippen LogP contribution >= 0.6 is 0 Å². The Hall–Kier alpha value is -1.60. The molecule has 2 aromatic rings. The maximum atomic E-state index is 11.5. The molecule has 1 aromatic heterocycles. The Morgan fingerprint density at radius 2 is 2.05 bits per heavy atom. The summed E-state index contributed by atoms with van der Waals surface area (Å²) in [5.41, 5.74) is 1.67. The van der Waals surface area contributed by atoms with Gasteiger partial charge in [0.2, 0.25) is 10.0 Å². The zero-order chi connectivity index (χ0) is 15.6. The Bertz CT molecular complexity index is 700. The van der Waals surface area contributed by atoms with Gasteiger partial charge in [-0.3, -0.25) is 0 Å². The van der Waals surface area contributed by atoms with Gasteiger partial charge in [-0.15, -0.1) is 0 Å². The van der Waals surface area contributed by atoms with E-state index in [1.54, 1.807) is 6.92 Å². The molecule has 0 spiro atoms. The number of sulfonamides is 1. The number of fused-ring (bicyclic) bond motifs is 1. The Balaban J connectivity index is 1.57. The summed E-state index contributed by atoms with van der Waals surface area (Å²) in [4.78, 5) is 6.64. The van der Waals surface area contributed by atoms with Gasteiger partial charge in [0.15, 0.2) is 5.58 Å². The average molecular weight is 323 g/mol. The number of piperidine rings is 1. The van der Waals surface area contributed by atoms with Crippen molar-refractivity contribution in [1.82, 2.24) is 9.71 Å². The van der Waals surface area contributed by atoms with Crippen LogP contribution < -0.4 is 9.62 Å². The maximum absolute atomic E-state index is 11.5. The van der Waals surface area contributed by atoms with Crippen molar-refractivity contribution in [3.05, 3.63) is 24.3 Å². The minimum atomic E-state index is -3.10. The molecule has 0 aliphatic carbocycles. The molecule has 0 saturated carbocycles. The molecule has 22 heavy (non-hydrogen) atoms. The molecule has 0 unspecified atom stereocenters. The monoisotopic (exact) mass is 323 g/mol. The van der Waals surface area contributed by atoms with Gasteiger partial charge in [-0.25, -0.2) is 13.1 Å². The molecule has 1 aliphatic heterocycles. The highest BCUT2D eigenvalue weighted by atomic mass is 32.2. The van der Waals surface area contributed by atoms with Crippen molar-refractivity contribution < 1.29 is 12.8 Å². The molecule has 7 heteroatoms. The van der Waals surface area contributed by atoms with Crippen molar-refractivity contribution in [2.24, 2.45) is 5.92 Å². The summed E-state index contributed by atoms with van der Waals surface area (Å²) in [6, 6.07) is 8.39. The fourth-order valence-corrected chi connectivity index (χ4v) is 3.36.